The van der Waals surface area contributed by atoms with E-state index in [0.29, 0.717) is 11.3 Å². The highest BCUT2D eigenvalue weighted by Gasteiger charge is 2.27. The Bertz CT molecular complexity index is 579. The molecule has 2 heterocycles. The number of fused-ring (bicyclic) bond motifs is 1. The Balaban J connectivity index is 2.41. The lowest BCUT2D eigenvalue weighted by atomic mass is 9.85. The molecule has 104 valence electrons. The highest BCUT2D eigenvalue weighted by Crippen LogP contribution is 2.30. The molecule has 0 aliphatic heterocycles. The normalized spacial score (nSPS) is 13.2. The summed E-state index contributed by atoms with van der Waals surface area (Å²) in [5, 5.41) is 7.51. The van der Waals surface area contributed by atoms with Crippen LogP contribution in [0, 0.1) is 0 Å². The highest BCUT2D eigenvalue weighted by atomic mass is 19.4. The third-order valence-electron chi connectivity index (χ3n) is 2.95. The van der Waals surface area contributed by atoms with E-state index in [1.165, 1.54) is 0 Å². The van der Waals surface area contributed by atoms with Crippen LogP contribution >= 0.6 is 0 Å². The summed E-state index contributed by atoms with van der Waals surface area (Å²) >= 11 is 0. The standard InChI is InChI=1S/C13H16F3N3/c1-12(2,3)10-6-8(4-5-13(14,15)16)18-11-9(10)7-17-19-11/h6-7H,4-5H2,1-3H3,(H,17,18,19). The van der Waals surface area contributed by atoms with Crippen LogP contribution in [0.25, 0.3) is 11.0 Å². The molecular weight excluding hydrogens is 255 g/mol. The number of nitrogens with one attached hydrogen (secondary N) is 1. The lowest BCUT2D eigenvalue weighted by Gasteiger charge is -2.20. The molecule has 0 radical (unpaired) electrons. The fraction of sp³-hybridized carbons (Fsp3) is 0.538. The van der Waals surface area contributed by atoms with Gasteiger partial charge < -0.3 is 0 Å². The fourth-order valence-corrected chi connectivity index (χ4v) is 2.00. The Hall–Kier alpha value is -1.59. The first-order valence-electron chi connectivity index (χ1n) is 6.07. The molecule has 6 heteroatoms. The molecule has 2 aromatic rings. The Morgan fingerprint density at radius 3 is 2.47 bits per heavy atom. The Kier molecular flexibility index (Phi) is 3.28. The van der Waals surface area contributed by atoms with Gasteiger partial charge in [-0.25, -0.2) is 4.98 Å². The van der Waals surface area contributed by atoms with Gasteiger partial charge in [0.2, 0.25) is 0 Å². The van der Waals surface area contributed by atoms with E-state index < -0.39 is 12.6 Å². The second-order valence-corrected chi connectivity index (χ2v) is 5.66. The van der Waals surface area contributed by atoms with E-state index in [9.17, 15) is 13.2 Å². The minimum absolute atomic E-state index is 0.110. The zero-order chi connectivity index (χ0) is 14.3. The topological polar surface area (TPSA) is 41.6 Å². The molecule has 2 rings (SSSR count). The average Bonchev–Trinajstić information content (AvgIpc) is 2.70. The van der Waals surface area contributed by atoms with Crippen molar-refractivity contribution in [2.75, 3.05) is 0 Å². The minimum atomic E-state index is -4.16. The molecule has 0 aliphatic rings. The zero-order valence-electron chi connectivity index (χ0n) is 11.1. The second kappa shape index (κ2) is 4.51. The molecule has 3 nitrogen and oxygen atoms in total. The van der Waals surface area contributed by atoms with Crippen LogP contribution in [-0.4, -0.2) is 21.4 Å². The number of aromatic amines is 1. The van der Waals surface area contributed by atoms with Crippen molar-refractivity contribution in [1.82, 2.24) is 15.2 Å². The lowest BCUT2D eigenvalue weighted by Crippen LogP contribution is -2.14. The van der Waals surface area contributed by atoms with Gasteiger partial charge in [0.15, 0.2) is 5.65 Å². The summed E-state index contributed by atoms with van der Waals surface area (Å²) in [6, 6.07) is 1.75. The predicted molar refractivity (Wildman–Crippen MR) is 67.0 cm³/mol. The highest BCUT2D eigenvalue weighted by molar-refractivity contribution is 5.79. The molecule has 0 fully saturated rings. The average molecular weight is 271 g/mol. The van der Waals surface area contributed by atoms with Crippen LogP contribution in [0.1, 0.15) is 38.4 Å². The molecular formula is C13H16F3N3. The van der Waals surface area contributed by atoms with Gasteiger partial charge in [0.1, 0.15) is 0 Å². The first-order chi connectivity index (χ1) is 8.67. The molecule has 0 spiro atoms. The van der Waals surface area contributed by atoms with Crippen LogP contribution in [0.15, 0.2) is 12.3 Å². The summed E-state index contributed by atoms with van der Waals surface area (Å²) < 4.78 is 36.8. The lowest BCUT2D eigenvalue weighted by molar-refractivity contribution is -0.134. The Morgan fingerprint density at radius 2 is 1.89 bits per heavy atom. The second-order valence-electron chi connectivity index (χ2n) is 5.66. The molecule has 0 aliphatic carbocycles. The van der Waals surface area contributed by atoms with E-state index in [4.69, 9.17) is 0 Å². The van der Waals surface area contributed by atoms with Gasteiger partial charge in [-0.05, 0) is 23.5 Å². The van der Waals surface area contributed by atoms with E-state index >= 15 is 0 Å². The van der Waals surface area contributed by atoms with Crippen LogP contribution < -0.4 is 0 Å². The molecule has 0 saturated heterocycles. The van der Waals surface area contributed by atoms with Crippen molar-refractivity contribution in [2.45, 2.75) is 45.2 Å². The summed E-state index contributed by atoms with van der Waals surface area (Å²) in [6.07, 6.45) is -3.46. The number of aryl methyl sites for hydroxylation is 1. The molecule has 0 amide bonds. The number of hydrogen-bond donors (Lipinski definition) is 1. The number of hydrogen-bond acceptors (Lipinski definition) is 2. The first kappa shape index (κ1) is 13.8. The molecule has 1 N–H and O–H groups in total. The number of alkyl halides is 3. The van der Waals surface area contributed by atoms with Gasteiger partial charge in [-0.3, -0.25) is 5.10 Å². The maximum atomic E-state index is 12.3. The molecule has 0 unspecified atom stereocenters. The number of pyridine rings is 1. The van der Waals surface area contributed by atoms with E-state index in [0.717, 1.165) is 10.9 Å². The van der Waals surface area contributed by atoms with Gasteiger partial charge in [-0.15, -0.1) is 0 Å². The third kappa shape index (κ3) is 3.24. The van der Waals surface area contributed by atoms with Gasteiger partial charge in [0, 0.05) is 17.5 Å². The van der Waals surface area contributed by atoms with Crippen molar-refractivity contribution >= 4 is 11.0 Å². The van der Waals surface area contributed by atoms with Crippen LogP contribution in [-0.2, 0) is 11.8 Å². The summed E-state index contributed by atoms with van der Waals surface area (Å²) in [7, 11) is 0. The smallest absolute Gasteiger partial charge is 0.261 e. The van der Waals surface area contributed by atoms with Crippen LogP contribution in [0.4, 0.5) is 13.2 Å². The van der Waals surface area contributed by atoms with Crippen LogP contribution in [0.5, 0.6) is 0 Å². The SMILES string of the molecule is CC(C)(C)c1cc(CCC(F)(F)F)nc2[nH]ncc12. The Morgan fingerprint density at radius 1 is 1.21 bits per heavy atom. The van der Waals surface area contributed by atoms with Crippen molar-refractivity contribution in [2.24, 2.45) is 0 Å². The maximum Gasteiger partial charge on any atom is 0.389 e. The van der Waals surface area contributed by atoms with Crippen molar-refractivity contribution in [3.05, 3.63) is 23.5 Å². The monoisotopic (exact) mass is 271 g/mol. The van der Waals surface area contributed by atoms with Gasteiger partial charge in [0.25, 0.3) is 0 Å². The van der Waals surface area contributed by atoms with Gasteiger partial charge >= 0.3 is 6.18 Å². The molecule has 2 aromatic heterocycles. The van der Waals surface area contributed by atoms with Crippen molar-refractivity contribution in [1.29, 1.82) is 0 Å². The molecule has 0 saturated carbocycles. The van der Waals surface area contributed by atoms with Crippen molar-refractivity contribution in [3.63, 3.8) is 0 Å². The minimum Gasteiger partial charge on any atom is -0.261 e. The number of H-pyrrole nitrogens is 1. The van der Waals surface area contributed by atoms with Gasteiger partial charge in [-0.2, -0.15) is 18.3 Å². The van der Waals surface area contributed by atoms with Crippen LogP contribution in [0.2, 0.25) is 0 Å². The van der Waals surface area contributed by atoms with Gasteiger partial charge in [-0.1, -0.05) is 20.8 Å². The molecule has 0 atom stereocenters. The van der Waals surface area contributed by atoms with E-state index in [2.05, 4.69) is 15.2 Å². The zero-order valence-corrected chi connectivity index (χ0v) is 11.1. The van der Waals surface area contributed by atoms with Crippen molar-refractivity contribution in [3.8, 4) is 0 Å². The number of aromatic nitrogens is 3. The van der Waals surface area contributed by atoms with E-state index in [1.807, 2.05) is 20.8 Å². The maximum absolute atomic E-state index is 12.3. The largest absolute Gasteiger partial charge is 0.389 e. The quantitative estimate of drug-likeness (QED) is 0.903. The summed E-state index contributed by atoms with van der Waals surface area (Å²) in [5.74, 6) is 0. The molecule has 19 heavy (non-hydrogen) atoms. The van der Waals surface area contributed by atoms with Gasteiger partial charge in [0.05, 0.1) is 6.20 Å². The van der Waals surface area contributed by atoms with E-state index in [1.54, 1.807) is 12.3 Å². The molecule has 0 bridgehead atoms. The van der Waals surface area contributed by atoms with Crippen molar-refractivity contribution < 1.29 is 13.2 Å². The van der Waals surface area contributed by atoms with Crippen LogP contribution in [0.3, 0.4) is 0 Å². The summed E-state index contributed by atoms with van der Waals surface area (Å²) in [6.45, 7) is 6.05. The summed E-state index contributed by atoms with van der Waals surface area (Å²) in [4.78, 5) is 4.19. The van der Waals surface area contributed by atoms with E-state index in [-0.39, 0.29) is 11.8 Å². The first-order valence-corrected chi connectivity index (χ1v) is 6.07. The Labute approximate surface area is 109 Å². The summed E-state index contributed by atoms with van der Waals surface area (Å²) in [5.41, 5.74) is 1.78. The predicted octanol–water partition coefficient (Wildman–Crippen LogP) is 3.75. The number of rotatable bonds is 2. The fourth-order valence-electron chi connectivity index (χ4n) is 2.00. The molecule has 0 aromatic carbocycles. The number of halogens is 3. The number of nitrogens with zero attached hydrogens (tertiary/aromatic N) is 2. The third-order valence-corrected chi connectivity index (χ3v) is 2.95.